The van der Waals surface area contributed by atoms with Gasteiger partial charge in [-0.15, -0.1) is 0 Å². The molecular formula is C11H19N3O. The Morgan fingerprint density at radius 3 is 3.00 bits per heavy atom. The number of nitrogens with zero attached hydrogens (tertiary/aromatic N) is 3. The van der Waals surface area contributed by atoms with E-state index in [0.29, 0.717) is 0 Å². The van der Waals surface area contributed by atoms with Gasteiger partial charge in [0.05, 0.1) is 12.1 Å². The molecule has 0 spiro atoms. The molecule has 1 aliphatic rings. The molecule has 4 heteroatoms. The highest BCUT2D eigenvalue weighted by Crippen LogP contribution is 2.19. The summed E-state index contributed by atoms with van der Waals surface area (Å²) in [5, 5.41) is 14.1. The zero-order valence-electron chi connectivity index (χ0n) is 9.26. The van der Waals surface area contributed by atoms with Crippen molar-refractivity contribution in [1.82, 2.24) is 14.7 Å². The van der Waals surface area contributed by atoms with Crippen LogP contribution in [0.3, 0.4) is 0 Å². The van der Waals surface area contributed by atoms with Crippen molar-refractivity contribution in [3.63, 3.8) is 0 Å². The summed E-state index contributed by atoms with van der Waals surface area (Å²) in [4.78, 5) is 2.31. The lowest BCUT2D eigenvalue weighted by Crippen LogP contribution is -2.46. The predicted molar refractivity (Wildman–Crippen MR) is 58.5 cm³/mol. The molecule has 0 aromatic carbocycles. The van der Waals surface area contributed by atoms with Gasteiger partial charge in [0.2, 0.25) is 0 Å². The maximum atomic E-state index is 9.94. The zero-order valence-corrected chi connectivity index (χ0v) is 9.26. The summed E-state index contributed by atoms with van der Waals surface area (Å²) < 4.78 is 1.93. The van der Waals surface area contributed by atoms with Gasteiger partial charge < -0.3 is 5.11 Å². The summed E-state index contributed by atoms with van der Waals surface area (Å²) in [5.74, 6) is 0. The Morgan fingerprint density at radius 1 is 1.47 bits per heavy atom. The smallest absolute Gasteiger partial charge is 0.0746 e. The topological polar surface area (TPSA) is 41.3 Å². The van der Waals surface area contributed by atoms with Gasteiger partial charge in [0.15, 0.2) is 0 Å². The highest BCUT2D eigenvalue weighted by Gasteiger charge is 2.27. The van der Waals surface area contributed by atoms with Crippen molar-refractivity contribution < 1.29 is 5.11 Å². The first-order valence-corrected chi connectivity index (χ1v) is 5.58. The standard InChI is InChI=1S/C11H19N3O/c1-11(15)4-2-6-13(10-11)8-9-14-7-3-5-12-14/h3,5,7,15H,2,4,6,8-10H2,1H3. The lowest BCUT2D eigenvalue weighted by molar-refractivity contribution is -0.0165. The molecule has 0 aliphatic carbocycles. The molecule has 1 N–H and O–H groups in total. The van der Waals surface area contributed by atoms with E-state index < -0.39 is 5.60 Å². The molecule has 1 atom stereocenters. The number of hydrogen-bond acceptors (Lipinski definition) is 3. The maximum absolute atomic E-state index is 9.94. The van der Waals surface area contributed by atoms with Crippen molar-refractivity contribution >= 4 is 0 Å². The normalized spacial score (nSPS) is 28.1. The number of likely N-dealkylation sites (tertiary alicyclic amines) is 1. The molecule has 1 saturated heterocycles. The van der Waals surface area contributed by atoms with Crippen LogP contribution >= 0.6 is 0 Å². The summed E-state index contributed by atoms with van der Waals surface area (Å²) in [6.07, 6.45) is 5.78. The molecule has 0 amide bonds. The molecular weight excluding hydrogens is 190 g/mol. The quantitative estimate of drug-likeness (QED) is 0.798. The highest BCUT2D eigenvalue weighted by molar-refractivity contribution is 4.83. The van der Waals surface area contributed by atoms with Crippen LogP contribution in [0.25, 0.3) is 0 Å². The Balaban J connectivity index is 1.80. The van der Waals surface area contributed by atoms with Crippen molar-refractivity contribution in [3.8, 4) is 0 Å². The fourth-order valence-corrected chi connectivity index (χ4v) is 2.19. The van der Waals surface area contributed by atoms with E-state index in [2.05, 4.69) is 10.00 Å². The predicted octanol–water partition coefficient (Wildman–Crippen LogP) is 0.730. The van der Waals surface area contributed by atoms with Crippen LogP contribution in [0.4, 0.5) is 0 Å². The van der Waals surface area contributed by atoms with Crippen LogP contribution in [0, 0.1) is 0 Å². The summed E-state index contributed by atoms with van der Waals surface area (Å²) in [6, 6.07) is 1.94. The first kappa shape index (κ1) is 10.6. The van der Waals surface area contributed by atoms with Gasteiger partial charge in [-0.2, -0.15) is 5.10 Å². The molecule has 15 heavy (non-hydrogen) atoms. The first-order chi connectivity index (χ1) is 7.16. The second-order valence-corrected chi connectivity index (χ2v) is 4.65. The van der Waals surface area contributed by atoms with Crippen molar-refractivity contribution in [3.05, 3.63) is 18.5 Å². The minimum Gasteiger partial charge on any atom is -0.389 e. The van der Waals surface area contributed by atoms with Crippen LogP contribution in [0.2, 0.25) is 0 Å². The molecule has 1 unspecified atom stereocenters. The Morgan fingerprint density at radius 2 is 2.33 bits per heavy atom. The number of piperidine rings is 1. The fourth-order valence-electron chi connectivity index (χ4n) is 2.19. The van der Waals surface area contributed by atoms with Gasteiger partial charge in [0.25, 0.3) is 0 Å². The fraction of sp³-hybridized carbons (Fsp3) is 0.727. The maximum Gasteiger partial charge on any atom is 0.0746 e. The Kier molecular flexibility index (Phi) is 3.07. The number of rotatable bonds is 3. The summed E-state index contributed by atoms with van der Waals surface area (Å²) in [6.45, 7) is 5.68. The van der Waals surface area contributed by atoms with Crippen LogP contribution in [-0.4, -0.2) is 45.0 Å². The third-order valence-electron chi connectivity index (χ3n) is 2.96. The van der Waals surface area contributed by atoms with E-state index >= 15 is 0 Å². The van der Waals surface area contributed by atoms with E-state index in [1.54, 1.807) is 6.20 Å². The van der Waals surface area contributed by atoms with E-state index in [4.69, 9.17) is 0 Å². The second kappa shape index (κ2) is 4.33. The summed E-state index contributed by atoms with van der Waals surface area (Å²) in [7, 11) is 0. The van der Waals surface area contributed by atoms with Crippen molar-refractivity contribution in [2.75, 3.05) is 19.6 Å². The van der Waals surface area contributed by atoms with Gasteiger partial charge in [-0.25, -0.2) is 0 Å². The van der Waals surface area contributed by atoms with Gasteiger partial charge in [-0.05, 0) is 32.4 Å². The minimum absolute atomic E-state index is 0.498. The van der Waals surface area contributed by atoms with Crippen LogP contribution in [0.15, 0.2) is 18.5 Å². The molecule has 1 aromatic heterocycles. The molecule has 2 heterocycles. The average molecular weight is 209 g/mol. The molecule has 1 aliphatic heterocycles. The number of aromatic nitrogens is 2. The van der Waals surface area contributed by atoms with Crippen molar-refractivity contribution in [2.24, 2.45) is 0 Å². The molecule has 84 valence electrons. The van der Waals surface area contributed by atoms with Crippen LogP contribution < -0.4 is 0 Å². The molecule has 1 fully saturated rings. The molecule has 1 aromatic rings. The average Bonchev–Trinajstić information content (AvgIpc) is 2.65. The van der Waals surface area contributed by atoms with Gasteiger partial charge in [-0.1, -0.05) is 0 Å². The lowest BCUT2D eigenvalue weighted by Gasteiger charge is -2.36. The number of β-amino-alcohol motifs (C(OH)–C–C–N with tert-alkyl or cyclic N) is 1. The second-order valence-electron chi connectivity index (χ2n) is 4.65. The highest BCUT2D eigenvalue weighted by atomic mass is 16.3. The largest absolute Gasteiger partial charge is 0.389 e. The van der Waals surface area contributed by atoms with E-state index in [9.17, 15) is 5.11 Å². The van der Waals surface area contributed by atoms with E-state index in [1.807, 2.05) is 23.9 Å². The molecule has 2 rings (SSSR count). The minimum atomic E-state index is -0.498. The van der Waals surface area contributed by atoms with Gasteiger partial charge in [0.1, 0.15) is 0 Å². The number of hydrogen-bond donors (Lipinski definition) is 1. The van der Waals surface area contributed by atoms with Crippen LogP contribution in [-0.2, 0) is 6.54 Å². The van der Waals surface area contributed by atoms with Crippen LogP contribution in [0.5, 0.6) is 0 Å². The lowest BCUT2D eigenvalue weighted by atomic mass is 9.95. The van der Waals surface area contributed by atoms with Crippen molar-refractivity contribution in [2.45, 2.75) is 31.9 Å². The molecule has 0 saturated carbocycles. The van der Waals surface area contributed by atoms with Gasteiger partial charge in [0, 0.05) is 25.5 Å². The molecule has 0 radical (unpaired) electrons. The molecule has 0 bridgehead atoms. The van der Waals surface area contributed by atoms with E-state index in [1.165, 1.54) is 0 Å². The van der Waals surface area contributed by atoms with Gasteiger partial charge >= 0.3 is 0 Å². The van der Waals surface area contributed by atoms with Crippen LogP contribution in [0.1, 0.15) is 19.8 Å². The zero-order chi connectivity index (χ0) is 10.7. The molecule has 4 nitrogen and oxygen atoms in total. The van der Waals surface area contributed by atoms with Crippen molar-refractivity contribution in [1.29, 1.82) is 0 Å². The van der Waals surface area contributed by atoms with Gasteiger partial charge in [-0.3, -0.25) is 9.58 Å². The first-order valence-electron chi connectivity index (χ1n) is 5.58. The Labute approximate surface area is 90.5 Å². The summed E-state index contributed by atoms with van der Waals surface area (Å²) >= 11 is 0. The van der Waals surface area contributed by atoms with E-state index in [-0.39, 0.29) is 0 Å². The third kappa shape index (κ3) is 3.04. The third-order valence-corrected chi connectivity index (χ3v) is 2.96. The Hall–Kier alpha value is -0.870. The SMILES string of the molecule is CC1(O)CCCN(CCn2cccn2)C1. The Bertz CT molecular complexity index is 295. The monoisotopic (exact) mass is 209 g/mol. The number of aliphatic hydroxyl groups is 1. The van der Waals surface area contributed by atoms with E-state index in [0.717, 1.165) is 39.0 Å². The summed E-state index contributed by atoms with van der Waals surface area (Å²) in [5.41, 5.74) is -0.498.